The normalized spacial score (nSPS) is 13.7. The largest absolute Gasteiger partial charge is 0.369 e. The van der Waals surface area contributed by atoms with Crippen LogP contribution in [-0.4, -0.2) is 38.1 Å². The van der Waals surface area contributed by atoms with Crippen LogP contribution in [0.2, 0.25) is 10.0 Å². The highest BCUT2D eigenvalue weighted by Gasteiger charge is 2.14. The van der Waals surface area contributed by atoms with Crippen molar-refractivity contribution in [1.82, 2.24) is 4.90 Å². The van der Waals surface area contributed by atoms with Crippen LogP contribution >= 0.6 is 23.2 Å². The van der Waals surface area contributed by atoms with Gasteiger partial charge in [0.15, 0.2) is 0 Å². The highest BCUT2D eigenvalue weighted by molar-refractivity contribution is 6.42. The van der Waals surface area contributed by atoms with Gasteiger partial charge in [0.05, 0.1) is 10.0 Å². The fraction of sp³-hybridized carbons (Fsp3) is 0.417. The Morgan fingerprint density at radius 2 is 1.57 bits per heavy atom. The zero-order valence-corrected chi connectivity index (χ0v) is 19.0. The van der Waals surface area contributed by atoms with Gasteiger partial charge in [0.25, 0.3) is 0 Å². The van der Waals surface area contributed by atoms with Crippen molar-refractivity contribution < 1.29 is 0 Å². The fourth-order valence-corrected chi connectivity index (χ4v) is 3.13. The van der Waals surface area contributed by atoms with Gasteiger partial charge in [-0.2, -0.15) is 0 Å². The summed E-state index contributed by atoms with van der Waals surface area (Å²) in [5.74, 6) is 0. The quantitative estimate of drug-likeness (QED) is 0.380. The maximum absolute atomic E-state index is 5.99. The van der Waals surface area contributed by atoms with Gasteiger partial charge < -0.3 is 9.80 Å². The first-order valence-electron chi connectivity index (χ1n) is 10.1. The van der Waals surface area contributed by atoms with Crippen LogP contribution in [0.15, 0.2) is 61.2 Å². The molecule has 0 bridgehead atoms. The van der Waals surface area contributed by atoms with Crippen molar-refractivity contribution in [2.24, 2.45) is 0 Å². The van der Waals surface area contributed by atoms with Crippen LogP contribution < -0.4 is 4.90 Å². The molecule has 1 aliphatic heterocycles. The number of hydrogen-bond donors (Lipinski definition) is 0. The standard InChI is InChI=1S/C11H14Cl2N2.C11H14.C2H6/c1-14-4-6-15(7-5-14)9-2-3-10(12)11(13)8-9;1-2-3-5-8-11-9-6-4-7-10-11;1-2/h2-3,8H,4-7H2,1H3;2,4,6-7,9-10H,1,3,5,8H2;1-2H3. The van der Waals surface area contributed by atoms with Gasteiger partial charge in [-0.1, -0.05) is 73.5 Å². The first kappa shape index (κ1) is 24.6. The second-order valence-electron chi connectivity index (χ2n) is 6.56. The lowest BCUT2D eigenvalue weighted by Crippen LogP contribution is -2.44. The molecule has 2 aromatic rings. The number of hydrogen-bond acceptors (Lipinski definition) is 2. The van der Waals surface area contributed by atoms with Crippen LogP contribution in [0.4, 0.5) is 5.69 Å². The third kappa shape index (κ3) is 9.14. The zero-order valence-electron chi connectivity index (χ0n) is 17.5. The highest BCUT2D eigenvalue weighted by Crippen LogP contribution is 2.27. The molecule has 0 N–H and O–H groups in total. The minimum Gasteiger partial charge on any atom is -0.369 e. The maximum atomic E-state index is 5.99. The minimum atomic E-state index is 0.620. The molecule has 0 saturated carbocycles. The number of unbranched alkanes of at least 4 members (excludes halogenated alkanes) is 1. The molecule has 0 aromatic heterocycles. The van der Waals surface area contributed by atoms with Crippen LogP contribution in [0.1, 0.15) is 32.3 Å². The third-order valence-electron chi connectivity index (χ3n) is 4.49. The van der Waals surface area contributed by atoms with E-state index in [0.717, 1.165) is 38.3 Å². The van der Waals surface area contributed by atoms with E-state index in [9.17, 15) is 0 Å². The summed E-state index contributed by atoms with van der Waals surface area (Å²) < 4.78 is 0. The van der Waals surface area contributed by atoms with Gasteiger partial charge in [-0.05, 0) is 50.1 Å². The number of halogens is 2. The predicted octanol–water partition coefficient (Wildman–Crippen LogP) is 6.97. The number of allylic oxidation sites excluding steroid dienone is 1. The SMILES string of the molecule is C=CCCCc1ccccc1.CC.CN1CCN(c2ccc(Cl)c(Cl)c2)CC1. The van der Waals surface area contributed by atoms with E-state index in [4.69, 9.17) is 23.2 Å². The fourth-order valence-electron chi connectivity index (χ4n) is 2.84. The molecule has 0 atom stereocenters. The summed E-state index contributed by atoms with van der Waals surface area (Å²) in [5.41, 5.74) is 2.59. The molecule has 28 heavy (non-hydrogen) atoms. The summed E-state index contributed by atoms with van der Waals surface area (Å²) in [6.07, 6.45) is 5.48. The molecule has 0 radical (unpaired) electrons. The number of benzene rings is 2. The van der Waals surface area contributed by atoms with E-state index < -0.39 is 0 Å². The van der Waals surface area contributed by atoms with Crippen LogP contribution in [0.25, 0.3) is 0 Å². The second kappa shape index (κ2) is 14.5. The molecular formula is C24H34Cl2N2. The van der Waals surface area contributed by atoms with Crippen molar-refractivity contribution in [3.05, 3.63) is 76.8 Å². The molecule has 154 valence electrons. The van der Waals surface area contributed by atoms with Gasteiger partial charge >= 0.3 is 0 Å². The lowest BCUT2D eigenvalue weighted by Gasteiger charge is -2.34. The van der Waals surface area contributed by atoms with Gasteiger partial charge in [0.1, 0.15) is 0 Å². The van der Waals surface area contributed by atoms with E-state index in [1.54, 1.807) is 0 Å². The maximum Gasteiger partial charge on any atom is 0.0612 e. The Morgan fingerprint density at radius 3 is 2.14 bits per heavy atom. The van der Waals surface area contributed by atoms with Gasteiger partial charge in [-0.3, -0.25) is 0 Å². The topological polar surface area (TPSA) is 6.48 Å². The summed E-state index contributed by atoms with van der Waals surface area (Å²) in [6, 6.07) is 16.4. The van der Waals surface area contributed by atoms with Crippen molar-refractivity contribution in [1.29, 1.82) is 0 Å². The Balaban J connectivity index is 0.000000268. The molecule has 1 aliphatic rings. The molecule has 4 heteroatoms. The van der Waals surface area contributed by atoms with Gasteiger partial charge in [0, 0.05) is 31.9 Å². The van der Waals surface area contributed by atoms with E-state index in [1.807, 2.05) is 38.1 Å². The summed E-state index contributed by atoms with van der Waals surface area (Å²) in [4.78, 5) is 4.66. The molecule has 3 rings (SSSR count). The molecule has 2 aromatic carbocycles. The van der Waals surface area contributed by atoms with E-state index in [0.29, 0.717) is 10.0 Å². The van der Waals surface area contributed by atoms with Crippen molar-refractivity contribution in [2.75, 3.05) is 38.1 Å². The van der Waals surface area contributed by atoms with E-state index in [2.05, 4.69) is 53.8 Å². The van der Waals surface area contributed by atoms with E-state index in [-0.39, 0.29) is 0 Å². The second-order valence-corrected chi connectivity index (χ2v) is 7.37. The van der Waals surface area contributed by atoms with Crippen molar-refractivity contribution in [3.63, 3.8) is 0 Å². The molecule has 1 heterocycles. The minimum absolute atomic E-state index is 0.620. The molecule has 0 unspecified atom stereocenters. The van der Waals surface area contributed by atoms with Crippen LogP contribution in [0, 0.1) is 0 Å². The predicted molar refractivity (Wildman–Crippen MR) is 127 cm³/mol. The Bertz CT molecular complexity index is 666. The van der Waals surface area contributed by atoms with E-state index >= 15 is 0 Å². The highest BCUT2D eigenvalue weighted by atomic mass is 35.5. The number of rotatable bonds is 5. The van der Waals surface area contributed by atoms with Gasteiger partial charge in [0.2, 0.25) is 0 Å². The van der Waals surface area contributed by atoms with Gasteiger partial charge in [-0.25, -0.2) is 0 Å². The van der Waals surface area contributed by atoms with Crippen molar-refractivity contribution in [3.8, 4) is 0 Å². The van der Waals surface area contributed by atoms with Crippen LogP contribution in [-0.2, 0) is 6.42 Å². The summed E-state index contributed by atoms with van der Waals surface area (Å²) >= 11 is 11.9. The average Bonchev–Trinajstić information content (AvgIpc) is 2.74. The van der Waals surface area contributed by atoms with Crippen LogP contribution in [0.5, 0.6) is 0 Å². The first-order chi connectivity index (χ1) is 13.6. The van der Waals surface area contributed by atoms with E-state index in [1.165, 1.54) is 18.4 Å². The third-order valence-corrected chi connectivity index (χ3v) is 5.23. The Kier molecular flexibility index (Phi) is 12.7. The monoisotopic (exact) mass is 420 g/mol. The molecular weight excluding hydrogens is 387 g/mol. The van der Waals surface area contributed by atoms with Crippen molar-refractivity contribution >= 4 is 28.9 Å². The molecule has 2 nitrogen and oxygen atoms in total. The molecule has 0 amide bonds. The number of anilines is 1. The Hall–Kier alpha value is -1.48. The summed E-state index contributed by atoms with van der Waals surface area (Å²) in [6.45, 7) is 12.0. The first-order valence-corrected chi connectivity index (χ1v) is 10.9. The number of likely N-dealkylation sites (N-methyl/N-ethyl adjacent to an activating group) is 1. The smallest absolute Gasteiger partial charge is 0.0612 e. The number of nitrogens with zero attached hydrogens (tertiary/aromatic N) is 2. The molecule has 0 aliphatic carbocycles. The van der Waals surface area contributed by atoms with Crippen molar-refractivity contribution in [2.45, 2.75) is 33.1 Å². The average molecular weight is 421 g/mol. The van der Waals surface area contributed by atoms with Crippen LogP contribution in [0.3, 0.4) is 0 Å². The Labute approximate surface area is 181 Å². The molecule has 0 spiro atoms. The zero-order chi connectivity index (χ0) is 20.8. The number of aryl methyl sites for hydroxylation is 1. The molecule has 1 fully saturated rings. The summed E-state index contributed by atoms with van der Waals surface area (Å²) in [7, 11) is 2.15. The van der Waals surface area contributed by atoms with Gasteiger partial charge in [-0.15, -0.1) is 6.58 Å². The number of piperazine rings is 1. The lowest BCUT2D eigenvalue weighted by atomic mass is 10.1. The Morgan fingerprint density at radius 1 is 0.929 bits per heavy atom. The lowest BCUT2D eigenvalue weighted by molar-refractivity contribution is 0.313. The summed E-state index contributed by atoms with van der Waals surface area (Å²) in [5, 5.41) is 1.25. The molecule has 1 saturated heterocycles.